The van der Waals surface area contributed by atoms with E-state index in [0.717, 1.165) is 30.3 Å². The van der Waals surface area contributed by atoms with E-state index in [9.17, 15) is 9.59 Å². The molecule has 2 N–H and O–H groups in total. The van der Waals surface area contributed by atoms with Gasteiger partial charge in [-0.1, -0.05) is 28.1 Å². The summed E-state index contributed by atoms with van der Waals surface area (Å²) in [5.74, 6) is -0.165. The highest BCUT2D eigenvalue weighted by Crippen LogP contribution is 2.19. The van der Waals surface area contributed by atoms with E-state index in [4.69, 9.17) is 9.47 Å². The number of benzene rings is 2. The number of carbonyl (C=O) groups excluding carboxylic acids is 2. The predicted molar refractivity (Wildman–Crippen MR) is 111 cm³/mol. The van der Waals surface area contributed by atoms with Crippen LogP contribution in [-0.4, -0.2) is 37.7 Å². The molecule has 3 rings (SSSR count). The van der Waals surface area contributed by atoms with Crippen molar-refractivity contribution in [3.05, 3.63) is 58.6 Å². The molecule has 0 radical (unpaired) electrons. The Labute approximate surface area is 172 Å². The largest absolute Gasteiger partial charge is 0.483 e. The smallest absolute Gasteiger partial charge is 0.262 e. The van der Waals surface area contributed by atoms with Gasteiger partial charge in [0.05, 0.1) is 11.7 Å². The first-order valence-corrected chi connectivity index (χ1v) is 10.1. The Morgan fingerprint density at radius 3 is 2.64 bits per heavy atom. The molecule has 1 atom stereocenters. The molecule has 0 spiro atoms. The van der Waals surface area contributed by atoms with Gasteiger partial charge in [-0.3, -0.25) is 9.59 Å². The van der Waals surface area contributed by atoms with Gasteiger partial charge in [0.15, 0.2) is 6.61 Å². The Bertz CT molecular complexity index is 804. The average molecular weight is 447 g/mol. The summed E-state index contributed by atoms with van der Waals surface area (Å²) in [5, 5.41) is 5.65. The first-order chi connectivity index (χ1) is 13.6. The van der Waals surface area contributed by atoms with E-state index >= 15 is 0 Å². The molecule has 1 saturated heterocycles. The number of carbonyl (C=O) groups is 2. The molecule has 7 heteroatoms. The Morgan fingerprint density at radius 2 is 1.89 bits per heavy atom. The van der Waals surface area contributed by atoms with E-state index in [1.807, 2.05) is 12.1 Å². The van der Waals surface area contributed by atoms with Gasteiger partial charge in [0.25, 0.3) is 11.8 Å². The van der Waals surface area contributed by atoms with E-state index in [-0.39, 0.29) is 24.5 Å². The van der Waals surface area contributed by atoms with Crippen LogP contribution in [0.25, 0.3) is 0 Å². The number of nitrogens with one attached hydrogen (secondary N) is 2. The van der Waals surface area contributed by atoms with Crippen LogP contribution in [0, 0.1) is 0 Å². The minimum atomic E-state index is -0.298. The fourth-order valence-corrected chi connectivity index (χ4v) is 3.19. The molecule has 148 valence electrons. The molecule has 1 fully saturated rings. The Morgan fingerprint density at radius 1 is 1.11 bits per heavy atom. The number of para-hydroxylation sites is 1. The molecule has 1 aliphatic heterocycles. The van der Waals surface area contributed by atoms with Gasteiger partial charge in [-0.2, -0.15) is 0 Å². The lowest BCUT2D eigenvalue weighted by molar-refractivity contribution is -0.118. The summed E-state index contributed by atoms with van der Waals surface area (Å²) < 4.78 is 12.2. The van der Waals surface area contributed by atoms with Crippen molar-refractivity contribution in [2.45, 2.75) is 25.4 Å². The van der Waals surface area contributed by atoms with Crippen LogP contribution in [0.5, 0.6) is 5.75 Å². The van der Waals surface area contributed by atoms with Crippen molar-refractivity contribution < 1.29 is 19.1 Å². The maximum Gasteiger partial charge on any atom is 0.262 e. The summed E-state index contributed by atoms with van der Waals surface area (Å²) in [4.78, 5) is 24.6. The molecule has 1 heterocycles. The van der Waals surface area contributed by atoms with E-state index in [1.54, 1.807) is 36.4 Å². The van der Waals surface area contributed by atoms with Crippen molar-refractivity contribution in [1.29, 1.82) is 0 Å². The molecule has 2 aromatic rings. The van der Waals surface area contributed by atoms with Crippen LogP contribution in [0.3, 0.4) is 0 Å². The molecule has 6 nitrogen and oxygen atoms in total. The van der Waals surface area contributed by atoms with Gasteiger partial charge in [0, 0.05) is 23.3 Å². The van der Waals surface area contributed by atoms with E-state index in [0.29, 0.717) is 23.5 Å². The summed E-state index contributed by atoms with van der Waals surface area (Å²) in [6, 6.07) is 14.1. The third-order valence-corrected chi connectivity index (χ3v) is 4.91. The van der Waals surface area contributed by atoms with Gasteiger partial charge in [-0.05, 0) is 55.7 Å². The summed E-state index contributed by atoms with van der Waals surface area (Å²) >= 11 is 3.35. The maximum atomic E-state index is 12.5. The molecule has 0 saturated carbocycles. The van der Waals surface area contributed by atoms with Crippen molar-refractivity contribution in [3.8, 4) is 5.75 Å². The number of halogens is 1. The van der Waals surface area contributed by atoms with Crippen LogP contribution in [0.15, 0.2) is 53.0 Å². The minimum absolute atomic E-state index is 0.0578. The molecule has 0 aromatic heterocycles. The lowest BCUT2D eigenvalue weighted by atomic mass is 10.1. The normalized spacial score (nSPS) is 16.2. The fourth-order valence-electron chi connectivity index (χ4n) is 2.92. The maximum absolute atomic E-state index is 12.5. The zero-order valence-electron chi connectivity index (χ0n) is 15.4. The van der Waals surface area contributed by atoms with Crippen LogP contribution in [0.1, 0.15) is 29.6 Å². The van der Waals surface area contributed by atoms with E-state index < -0.39 is 0 Å². The lowest BCUT2D eigenvalue weighted by Gasteiger charge is -2.22. The van der Waals surface area contributed by atoms with Crippen molar-refractivity contribution in [2.24, 2.45) is 0 Å². The Kier molecular flexibility index (Phi) is 7.45. The Hall–Kier alpha value is -2.38. The van der Waals surface area contributed by atoms with Gasteiger partial charge < -0.3 is 20.1 Å². The number of hydrogen-bond donors (Lipinski definition) is 2. The molecule has 2 aromatic carbocycles. The van der Waals surface area contributed by atoms with Crippen molar-refractivity contribution in [1.82, 2.24) is 5.32 Å². The topological polar surface area (TPSA) is 76.7 Å². The molecule has 0 bridgehead atoms. The lowest BCUT2D eigenvalue weighted by Crippen LogP contribution is -2.35. The second-order valence-corrected chi connectivity index (χ2v) is 7.45. The molecular weight excluding hydrogens is 424 g/mol. The average Bonchev–Trinajstić information content (AvgIpc) is 2.73. The number of amides is 2. The van der Waals surface area contributed by atoms with Crippen molar-refractivity contribution in [3.63, 3.8) is 0 Å². The summed E-state index contributed by atoms with van der Waals surface area (Å²) in [5.41, 5.74) is 1.07. The number of ether oxygens (including phenoxy) is 2. The van der Waals surface area contributed by atoms with Gasteiger partial charge >= 0.3 is 0 Å². The van der Waals surface area contributed by atoms with E-state index in [2.05, 4.69) is 26.6 Å². The zero-order valence-corrected chi connectivity index (χ0v) is 17.0. The van der Waals surface area contributed by atoms with Crippen LogP contribution < -0.4 is 15.4 Å². The molecule has 1 unspecified atom stereocenters. The zero-order chi connectivity index (χ0) is 19.8. The summed E-state index contributed by atoms with van der Waals surface area (Å²) in [6.07, 6.45) is 3.20. The van der Waals surface area contributed by atoms with Crippen molar-refractivity contribution >= 4 is 33.4 Å². The number of anilines is 1. The standard InChI is InChI=1S/C21H23BrN2O4/c22-15-8-10-16(11-9-15)24-20(25)14-28-19-7-2-1-6-18(19)21(26)23-13-17-5-3-4-12-27-17/h1-2,6-11,17H,3-5,12-14H2,(H,23,26)(H,24,25). The molecule has 0 aliphatic carbocycles. The highest BCUT2D eigenvalue weighted by molar-refractivity contribution is 9.10. The van der Waals surface area contributed by atoms with Crippen LogP contribution in [0.4, 0.5) is 5.69 Å². The Balaban J connectivity index is 1.53. The van der Waals surface area contributed by atoms with Crippen LogP contribution in [-0.2, 0) is 9.53 Å². The third kappa shape index (κ3) is 6.07. The summed E-state index contributed by atoms with van der Waals surface area (Å²) in [7, 11) is 0. The number of rotatable bonds is 7. The van der Waals surface area contributed by atoms with Gasteiger partial charge in [-0.25, -0.2) is 0 Å². The molecular formula is C21H23BrN2O4. The minimum Gasteiger partial charge on any atom is -0.483 e. The van der Waals surface area contributed by atoms with E-state index in [1.165, 1.54) is 0 Å². The SMILES string of the molecule is O=C(COc1ccccc1C(=O)NCC1CCCCO1)Nc1ccc(Br)cc1. The number of hydrogen-bond acceptors (Lipinski definition) is 4. The van der Waals surface area contributed by atoms with Gasteiger partial charge in [-0.15, -0.1) is 0 Å². The van der Waals surface area contributed by atoms with Crippen LogP contribution >= 0.6 is 15.9 Å². The summed E-state index contributed by atoms with van der Waals surface area (Å²) in [6.45, 7) is 1.02. The van der Waals surface area contributed by atoms with Crippen molar-refractivity contribution in [2.75, 3.05) is 25.1 Å². The quantitative estimate of drug-likeness (QED) is 0.678. The monoisotopic (exact) mass is 446 g/mol. The molecule has 28 heavy (non-hydrogen) atoms. The second-order valence-electron chi connectivity index (χ2n) is 6.54. The van der Waals surface area contributed by atoms with Gasteiger partial charge in [0.2, 0.25) is 0 Å². The molecule has 2 amide bonds. The highest BCUT2D eigenvalue weighted by Gasteiger charge is 2.17. The predicted octanol–water partition coefficient (Wildman–Crippen LogP) is 3.77. The third-order valence-electron chi connectivity index (χ3n) is 4.38. The van der Waals surface area contributed by atoms with Crippen LogP contribution in [0.2, 0.25) is 0 Å². The van der Waals surface area contributed by atoms with Gasteiger partial charge in [0.1, 0.15) is 5.75 Å². The first kappa shape index (κ1) is 20.4. The fraction of sp³-hybridized carbons (Fsp3) is 0.333. The first-order valence-electron chi connectivity index (χ1n) is 9.29. The highest BCUT2D eigenvalue weighted by atomic mass is 79.9. The second kappa shape index (κ2) is 10.2. The molecule has 1 aliphatic rings.